The van der Waals surface area contributed by atoms with Crippen molar-refractivity contribution in [1.82, 2.24) is 10.6 Å². The number of nitrogens with zero attached hydrogens (tertiary/aromatic N) is 1. The van der Waals surface area contributed by atoms with Gasteiger partial charge >= 0.3 is 33.4 Å². The molecule has 0 aliphatic heterocycles. The van der Waals surface area contributed by atoms with Gasteiger partial charge in [0, 0.05) is 12.6 Å². The van der Waals surface area contributed by atoms with E-state index in [-0.39, 0.29) is 32.1 Å². The Morgan fingerprint density at radius 1 is 0.824 bits per heavy atom. The molecule has 1 aromatic heterocycles. The maximum Gasteiger partial charge on any atom is 0.414 e. The monoisotopic (exact) mass is 849 g/mol. The molecule has 0 saturated carbocycles. The molecular weight excluding hydrogens is 805 g/mol. The number of ether oxygens (including phenoxy) is 3. The van der Waals surface area contributed by atoms with Crippen molar-refractivity contribution in [3.8, 4) is 5.75 Å². The van der Waals surface area contributed by atoms with Crippen LogP contribution in [0.25, 0.3) is 0 Å². The van der Waals surface area contributed by atoms with Crippen molar-refractivity contribution in [2.75, 3.05) is 6.54 Å². The van der Waals surface area contributed by atoms with Crippen molar-refractivity contribution >= 4 is 39.6 Å². The number of carbonyl (C=O) groups is 2. The summed E-state index contributed by atoms with van der Waals surface area (Å²) in [4.78, 5) is 29.0. The van der Waals surface area contributed by atoms with E-state index in [1.165, 1.54) is 18.6 Å². The lowest BCUT2D eigenvalue weighted by molar-refractivity contribution is -0.592. The lowest BCUT2D eigenvalue weighted by atomic mass is 10.1. The fourth-order valence-electron chi connectivity index (χ4n) is 3.95. The zero-order valence-corrected chi connectivity index (χ0v) is 33.5. The highest BCUT2D eigenvalue weighted by Gasteiger charge is 2.24. The molecule has 4 aromatic rings. The normalized spacial score (nSPS) is 11.4. The first kappa shape index (κ1) is 41.4. The lowest BCUT2D eigenvalue weighted by Gasteiger charge is -2.22. The smallest absolute Gasteiger partial charge is 0.414 e. The number of aliphatic imine (C=N–C) groups is 1. The second kappa shape index (κ2) is 19.0. The summed E-state index contributed by atoms with van der Waals surface area (Å²) in [6, 6.07) is 26.4. The van der Waals surface area contributed by atoms with E-state index in [0.29, 0.717) is 19.6 Å². The van der Waals surface area contributed by atoms with Gasteiger partial charge in [-0.2, -0.15) is 0 Å². The number of nitrogens with one attached hydrogen (secondary N) is 2. The molecular formula is C37H44IN3O8S2. The minimum Gasteiger partial charge on any atom is -0.744 e. The number of alkyl carbamates (subject to hydrolysis) is 2. The first-order chi connectivity index (χ1) is 23.9. The summed E-state index contributed by atoms with van der Waals surface area (Å²) >= 11 is 1.39. The highest BCUT2D eigenvalue weighted by Crippen LogP contribution is 2.17. The topological polar surface area (TPSA) is 155 Å². The van der Waals surface area contributed by atoms with E-state index >= 15 is 0 Å². The van der Waals surface area contributed by atoms with Crippen LogP contribution in [0.4, 0.5) is 9.59 Å². The molecule has 0 aliphatic carbocycles. The molecule has 274 valence electrons. The standard InChI is InChI=1S/C30H36IN3O5S.C7H8O3S/c1-29(2,3)38-27(35)33-26(34-28(36)39-30(4,5)6)32-17-16-21-14-15-23(31-25-13-10-18-40-25)24(19-21)37-20-22-11-8-7-9-12-22;1-6-2-4-7(5-3-6)11(8,9)10/h7-15,18-19H,16-17,20H2,1-6H3,(H-,32,33,34,35,36);2-5H,1H3,(H,8,9,10). The van der Waals surface area contributed by atoms with E-state index < -0.39 is 33.5 Å². The van der Waals surface area contributed by atoms with Gasteiger partial charge in [0.25, 0.3) is 0 Å². The van der Waals surface area contributed by atoms with Crippen LogP contribution in [0.15, 0.2) is 100 Å². The Labute approximate surface area is 314 Å². The van der Waals surface area contributed by atoms with Crippen LogP contribution in [0.3, 0.4) is 0 Å². The Hall–Kier alpha value is -3.99. The molecule has 3 aromatic carbocycles. The molecule has 2 amide bonds. The molecule has 14 heteroatoms. The Morgan fingerprint density at radius 3 is 1.96 bits per heavy atom. The first-order valence-electron chi connectivity index (χ1n) is 15.9. The lowest BCUT2D eigenvalue weighted by Crippen LogP contribution is -3.61. The van der Waals surface area contributed by atoms with Gasteiger partial charge in [-0.15, -0.1) is 0 Å². The molecule has 0 atom stereocenters. The number of thiophene rings is 1. The van der Waals surface area contributed by atoms with Crippen LogP contribution >= 0.6 is 11.3 Å². The van der Waals surface area contributed by atoms with Crippen LogP contribution < -0.4 is 36.6 Å². The van der Waals surface area contributed by atoms with Crippen LogP contribution in [0.2, 0.25) is 0 Å². The molecule has 0 radical (unpaired) electrons. The van der Waals surface area contributed by atoms with Crippen LogP contribution in [-0.2, 0) is 32.6 Å². The number of halogens is 1. The minimum atomic E-state index is -4.27. The van der Waals surface area contributed by atoms with Gasteiger partial charge in [0.15, 0.2) is 5.75 Å². The van der Waals surface area contributed by atoms with E-state index in [2.05, 4.69) is 51.3 Å². The van der Waals surface area contributed by atoms with Crippen LogP contribution in [0, 0.1) is 13.4 Å². The van der Waals surface area contributed by atoms with Gasteiger partial charge in [0.05, 0.1) is 4.90 Å². The van der Waals surface area contributed by atoms with Gasteiger partial charge in [0.1, 0.15) is 27.9 Å². The molecule has 51 heavy (non-hydrogen) atoms. The number of hydrogen-bond donors (Lipinski definition) is 2. The van der Waals surface area contributed by atoms with E-state index in [9.17, 15) is 22.6 Å². The summed E-state index contributed by atoms with van der Waals surface area (Å²) < 4.78 is 50.7. The number of guanidine groups is 1. The third-order valence-electron chi connectivity index (χ3n) is 6.13. The Bertz CT molecular complexity index is 1820. The van der Waals surface area contributed by atoms with Gasteiger partial charge in [-0.05, 0) is 102 Å². The number of benzene rings is 3. The van der Waals surface area contributed by atoms with Crippen molar-refractivity contribution in [1.29, 1.82) is 0 Å². The van der Waals surface area contributed by atoms with Gasteiger partial charge < -0.3 is 18.8 Å². The molecule has 0 unspecified atom stereocenters. The fraction of sp³-hybridized carbons (Fsp3) is 0.324. The van der Waals surface area contributed by atoms with Crippen molar-refractivity contribution in [3.05, 3.63) is 113 Å². The quantitative estimate of drug-likeness (QED) is 0.109. The summed E-state index contributed by atoms with van der Waals surface area (Å²) in [5.74, 6) is 0.828. The van der Waals surface area contributed by atoms with Gasteiger partial charge in [-0.25, -0.2) is 18.0 Å². The highest BCUT2D eigenvalue weighted by molar-refractivity contribution is 7.85. The number of amides is 2. The summed E-state index contributed by atoms with van der Waals surface area (Å²) in [5, 5.41) is 7.13. The zero-order chi connectivity index (χ0) is 37.7. The van der Waals surface area contributed by atoms with E-state index in [1.807, 2.05) is 37.3 Å². The van der Waals surface area contributed by atoms with Crippen molar-refractivity contribution in [2.45, 2.75) is 77.6 Å². The third-order valence-corrected chi connectivity index (χ3v) is 11.3. The molecule has 0 bridgehead atoms. The molecule has 0 saturated heterocycles. The van der Waals surface area contributed by atoms with Crippen LogP contribution in [0.1, 0.15) is 58.2 Å². The Kier molecular flexibility index (Phi) is 15.4. The first-order valence-corrected chi connectivity index (χ1v) is 20.4. The predicted molar refractivity (Wildman–Crippen MR) is 193 cm³/mol. The molecule has 0 aliphatic rings. The van der Waals surface area contributed by atoms with E-state index in [1.54, 1.807) is 65.0 Å². The summed E-state index contributed by atoms with van der Waals surface area (Å²) in [6.45, 7) is 13.1. The molecule has 11 nitrogen and oxygen atoms in total. The van der Waals surface area contributed by atoms with Crippen LogP contribution in [-0.4, -0.2) is 48.9 Å². The second-order valence-electron chi connectivity index (χ2n) is 13.1. The SMILES string of the molecule is CC(C)(C)OC(=O)NC(=NCCc1ccc([I+]c2cccs2)c(OCc2ccccc2)c1)NC(=O)OC(C)(C)C.Cc1ccc(S(=O)(=O)[O-])cc1. The molecule has 4 rings (SSSR count). The molecule has 0 spiro atoms. The number of aryl methyl sites for hydroxylation is 1. The van der Waals surface area contributed by atoms with Crippen molar-refractivity contribution < 1.29 is 58.0 Å². The number of rotatable bonds is 9. The number of hydrogen-bond acceptors (Lipinski definition) is 10. The minimum absolute atomic E-state index is 0.0377. The maximum absolute atomic E-state index is 12.4. The van der Waals surface area contributed by atoms with Crippen molar-refractivity contribution in [3.63, 3.8) is 0 Å². The van der Waals surface area contributed by atoms with E-state index in [0.717, 1.165) is 22.4 Å². The average Bonchev–Trinajstić information content (AvgIpc) is 3.53. The van der Waals surface area contributed by atoms with Crippen LogP contribution in [0.5, 0.6) is 5.75 Å². The zero-order valence-electron chi connectivity index (χ0n) is 29.7. The Morgan fingerprint density at radius 2 is 1.43 bits per heavy atom. The summed E-state index contributed by atoms with van der Waals surface area (Å²) in [5.41, 5.74) is 1.65. The Balaban J connectivity index is 0.000000542. The van der Waals surface area contributed by atoms with Gasteiger partial charge in [-0.3, -0.25) is 15.6 Å². The summed E-state index contributed by atoms with van der Waals surface area (Å²) in [7, 11) is -4.27. The fourth-order valence-corrected chi connectivity index (χ4v) is 8.19. The molecule has 1 heterocycles. The molecule has 0 fully saturated rings. The van der Waals surface area contributed by atoms with Gasteiger partial charge in [-0.1, -0.05) is 65.4 Å². The largest absolute Gasteiger partial charge is 0.744 e. The second-order valence-corrected chi connectivity index (χ2v) is 19.0. The van der Waals surface area contributed by atoms with Gasteiger partial charge in [0.2, 0.25) is 12.4 Å². The number of carbonyl (C=O) groups excluding carboxylic acids is 2. The maximum atomic E-state index is 12.4. The van der Waals surface area contributed by atoms with E-state index in [4.69, 9.17) is 14.2 Å². The summed E-state index contributed by atoms with van der Waals surface area (Å²) in [6.07, 6.45) is -0.879. The molecule has 2 N–H and O–H groups in total. The third kappa shape index (κ3) is 16.7. The highest BCUT2D eigenvalue weighted by atomic mass is 127. The average molecular weight is 850 g/mol. The predicted octanol–water partition coefficient (Wildman–Crippen LogP) is 4.30. The van der Waals surface area contributed by atoms with Crippen molar-refractivity contribution in [2.24, 2.45) is 4.99 Å².